The fraction of sp³-hybridized carbons (Fsp3) is 0.500. The average molecular weight is 483 g/mol. The molecule has 14 heteroatoms. The van der Waals surface area contributed by atoms with E-state index in [4.69, 9.17) is 34.8 Å². The van der Waals surface area contributed by atoms with Crippen molar-refractivity contribution < 1.29 is 44.7 Å². The van der Waals surface area contributed by atoms with E-state index >= 15 is 0 Å². The molecule has 0 radical (unpaired) electrons. The predicted octanol–water partition coefficient (Wildman–Crippen LogP) is 5.30. The minimum Gasteiger partial charge on any atom is -0.347 e. The lowest BCUT2D eigenvalue weighted by Crippen LogP contribution is -2.60. The largest absolute Gasteiger partial charge is 0.380 e. The van der Waals surface area contributed by atoms with Crippen LogP contribution in [0.25, 0.3) is 0 Å². The number of alkyl halides is 11. The Morgan fingerprint density at radius 1 is 1.00 bits per heavy atom. The van der Waals surface area contributed by atoms with E-state index in [9.17, 15) is 39.9 Å². The van der Waals surface area contributed by atoms with E-state index in [1.165, 1.54) is 30.3 Å². The van der Waals surface area contributed by atoms with Gasteiger partial charge in [-0.2, -0.15) is 26.3 Å². The van der Waals surface area contributed by atoms with E-state index in [1.54, 1.807) is 5.32 Å². The number of rotatable bonds is 8. The summed E-state index contributed by atoms with van der Waals surface area (Å²) in [5, 5.41) is 1.79. The number of nitrogens with one attached hydrogen (secondary N) is 1. The minimum absolute atomic E-state index is 0.0772. The zero-order valence-corrected chi connectivity index (χ0v) is 15.5. The average Bonchev–Trinajstić information content (AvgIpc) is 2.57. The summed E-state index contributed by atoms with van der Waals surface area (Å²) in [6.45, 7) is -2.57. The predicted molar refractivity (Wildman–Crippen MR) is 84.8 cm³/mol. The molecule has 1 rings (SSSR count). The second-order valence-electron chi connectivity index (χ2n) is 5.27. The molecule has 1 amide bonds. The topological polar surface area (TPSA) is 38.3 Å². The highest BCUT2D eigenvalue weighted by Crippen LogP contribution is 2.48. The maximum atomic E-state index is 13.5. The van der Waals surface area contributed by atoms with Gasteiger partial charge in [0.2, 0.25) is 3.79 Å². The van der Waals surface area contributed by atoms with Crippen LogP contribution in [0.1, 0.15) is 10.4 Å². The molecule has 0 bridgehead atoms. The van der Waals surface area contributed by atoms with Crippen LogP contribution in [0, 0.1) is 0 Å². The molecule has 3 nitrogen and oxygen atoms in total. The molecule has 1 atom stereocenters. The molecule has 0 aliphatic heterocycles. The van der Waals surface area contributed by atoms with Crippen molar-refractivity contribution in [2.24, 2.45) is 0 Å². The van der Waals surface area contributed by atoms with Crippen molar-refractivity contribution in [1.29, 1.82) is 0 Å². The second kappa shape index (κ2) is 8.76. The van der Waals surface area contributed by atoms with Gasteiger partial charge in [0.05, 0.1) is 0 Å². The van der Waals surface area contributed by atoms with Gasteiger partial charge in [0, 0.05) is 5.56 Å². The van der Waals surface area contributed by atoms with E-state index in [1.807, 2.05) is 0 Å². The number of amides is 1. The molecule has 0 heterocycles. The molecule has 0 aliphatic rings. The normalized spacial score (nSPS) is 14.9. The highest BCUT2D eigenvalue weighted by atomic mass is 35.6. The minimum atomic E-state index is -6.50. The molecule has 1 aromatic rings. The first kappa shape index (κ1) is 25.0. The van der Waals surface area contributed by atoms with E-state index in [2.05, 4.69) is 4.74 Å². The van der Waals surface area contributed by atoms with Crippen molar-refractivity contribution in [3.8, 4) is 0 Å². The third kappa shape index (κ3) is 5.52. The molecule has 1 N–H and O–H groups in total. The first-order valence-corrected chi connectivity index (χ1v) is 8.13. The molecular formula is C14H10Cl3F8NO2. The van der Waals surface area contributed by atoms with Gasteiger partial charge in [0.15, 0.2) is 6.23 Å². The Morgan fingerprint density at radius 2 is 1.50 bits per heavy atom. The standard InChI is InChI=1S/C14H10Cl3F8NO2/c15-13(16,17)10(26-8(27)7-4-2-1-3-5-7)28-6-11(20,21)14(24,25)12(22,23)9(18)19/h1-5,9-10H,6H2,(H,26,27). The van der Waals surface area contributed by atoms with Crippen LogP contribution in [0.5, 0.6) is 0 Å². The van der Waals surface area contributed by atoms with Crippen LogP contribution in [0.2, 0.25) is 0 Å². The summed E-state index contributed by atoms with van der Waals surface area (Å²) in [7, 11) is 0. The molecule has 1 unspecified atom stereocenters. The van der Waals surface area contributed by atoms with Gasteiger partial charge in [-0.05, 0) is 12.1 Å². The van der Waals surface area contributed by atoms with Gasteiger partial charge in [-0.1, -0.05) is 53.0 Å². The SMILES string of the molecule is O=C(NC(OCC(F)(F)C(F)(F)C(F)(F)C(F)F)C(Cl)(Cl)Cl)c1ccccc1. The van der Waals surface area contributed by atoms with E-state index in [0.29, 0.717) is 0 Å². The molecule has 0 saturated carbocycles. The first-order chi connectivity index (χ1) is 12.5. The lowest BCUT2D eigenvalue weighted by Gasteiger charge is -2.34. The molecule has 0 aromatic heterocycles. The second-order valence-corrected chi connectivity index (χ2v) is 7.64. The zero-order valence-electron chi connectivity index (χ0n) is 13.2. The van der Waals surface area contributed by atoms with Crippen molar-refractivity contribution in [3.63, 3.8) is 0 Å². The Morgan fingerprint density at radius 3 is 1.93 bits per heavy atom. The summed E-state index contributed by atoms with van der Waals surface area (Å²) in [5.41, 5.74) is -0.0772. The van der Waals surface area contributed by atoms with E-state index in [-0.39, 0.29) is 5.56 Å². The fourth-order valence-corrected chi connectivity index (χ4v) is 2.02. The molecule has 0 spiro atoms. The molecule has 1 aromatic carbocycles. The Bertz CT molecular complexity index is 670. The summed E-state index contributed by atoms with van der Waals surface area (Å²) in [4.78, 5) is 11.9. The first-order valence-electron chi connectivity index (χ1n) is 7.00. The summed E-state index contributed by atoms with van der Waals surface area (Å²) in [6.07, 6.45) is -7.40. The van der Waals surface area contributed by atoms with Crippen LogP contribution < -0.4 is 5.32 Å². The van der Waals surface area contributed by atoms with Gasteiger partial charge in [0.1, 0.15) is 6.61 Å². The van der Waals surface area contributed by atoms with E-state index in [0.717, 1.165) is 0 Å². The maximum Gasteiger partial charge on any atom is 0.380 e. The summed E-state index contributed by atoms with van der Waals surface area (Å²) in [5.74, 6) is -19.7. The molecular weight excluding hydrogens is 473 g/mol. The lowest BCUT2D eigenvalue weighted by molar-refractivity contribution is -0.347. The molecule has 160 valence electrons. The van der Waals surface area contributed by atoms with Crippen LogP contribution in [-0.4, -0.2) is 46.7 Å². The number of hydrogen-bond donors (Lipinski definition) is 1. The third-order valence-corrected chi connectivity index (χ3v) is 3.77. The van der Waals surface area contributed by atoms with Crippen LogP contribution in [0.3, 0.4) is 0 Å². The molecule has 0 saturated heterocycles. The highest BCUT2D eigenvalue weighted by molar-refractivity contribution is 6.68. The van der Waals surface area contributed by atoms with Gasteiger partial charge in [-0.25, -0.2) is 8.78 Å². The third-order valence-electron chi connectivity index (χ3n) is 3.18. The van der Waals surface area contributed by atoms with Gasteiger partial charge in [-0.15, -0.1) is 0 Å². The fourth-order valence-electron chi connectivity index (χ4n) is 1.67. The Kier molecular flexibility index (Phi) is 7.82. The molecule has 28 heavy (non-hydrogen) atoms. The maximum absolute atomic E-state index is 13.5. The van der Waals surface area contributed by atoms with Gasteiger partial charge < -0.3 is 10.1 Å². The van der Waals surface area contributed by atoms with Gasteiger partial charge in [0.25, 0.3) is 5.91 Å². The number of carbonyl (C=O) groups is 1. The quantitative estimate of drug-likeness (QED) is 0.310. The van der Waals surface area contributed by atoms with Crippen LogP contribution in [0.4, 0.5) is 35.1 Å². The van der Waals surface area contributed by atoms with Crippen LogP contribution in [0.15, 0.2) is 30.3 Å². The Balaban J connectivity index is 2.98. The number of ether oxygens (including phenoxy) is 1. The van der Waals surface area contributed by atoms with Crippen molar-refractivity contribution in [1.82, 2.24) is 5.32 Å². The smallest absolute Gasteiger partial charge is 0.347 e. The zero-order chi connectivity index (χ0) is 22.0. The van der Waals surface area contributed by atoms with Crippen molar-refractivity contribution in [2.45, 2.75) is 34.2 Å². The monoisotopic (exact) mass is 481 g/mol. The highest BCUT2D eigenvalue weighted by Gasteiger charge is 2.75. The molecule has 0 aliphatic carbocycles. The van der Waals surface area contributed by atoms with Gasteiger partial charge in [-0.3, -0.25) is 4.79 Å². The van der Waals surface area contributed by atoms with Crippen molar-refractivity contribution in [2.75, 3.05) is 6.61 Å². The van der Waals surface area contributed by atoms with Crippen molar-refractivity contribution in [3.05, 3.63) is 35.9 Å². The lowest BCUT2D eigenvalue weighted by atomic mass is 10.1. The van der Waals surface area contributed by atoms with Crippen LogP contribution >= 0.6 is 34.8 Å². The number of hydrogen-bond acceptors (Lipinski definition) is 2. The summed E-state index contributed by atoms with van der Waals surface area (Å²) in [6, 6.07) is 6.82. The summed E-state index contributed by atoms with van der Waals surface area (Å²) < 4.78 is 105. The Hall–Kier alpha value is -1.04. The van der Waals surface area contributed by atoms with Gasteiger partial charge >= 0.3 is 24.2 Å². The number of carbonyl (C=O) groups excluding carboxylic acids is 1. The van der Waals surface area contributed by atoms with Crippen molar-refractivity contribution >= 4 is 40.7 Å². The molecule has 0 fully saturated rings. The number of halogens is 11. The van der Waals surface area contributed by atoms with E-state index < -0.39 is 46.7 Å². The summed E-state index contributed by atoms with van der Waals surface area (Å²) >= 11 is 16.2. The van der Waals surface area contributed by atoms with Crippen LogP contribution in [-0.2, 0) is 4.74 Å². The Labute approximate surface area is 167 Å². The number of benzene rings is 1.